The van der Waals surface area contributed by atoms with E-state index in [2.05, 4.69) is 10.6 Å². The molecule has 3 N–H and O–H groups in total. The summed E-state index contributed by atoms with van der Waals surface area (Å²) in [5, 5.41) is 16.1. The maximum atomic E-state index is 13.7. The van der Waals surface area contributed by atoms with Gasteiger partial charge in [0.2, 0.25) is 15.9 Å². The zero-order valence-electron chi connectivity index (χ0n) is 27.6. The highest BCUT2D eigenvalue weighted by Crippen LogP contribution is 2.29. The lowest BCUT2D eigenvalue weighted by molar-refractivity contribution is -0.123. The molecule has 46 heavy (non-hydrogen) atoms. The number of carbonyl (C=O) groups excluding carboxylic acids is 2. The minimum atomic E-state index is -3.83. The van der Waals surface area contributed by atoms with Crippen LogP contribution in [0.5, 0.6) is 0 Å². The molecule has 3 rings (SSSR count). The average Bonchev–Trinajstić information content (AvgIpc) is 3.05. The van der Waals surface area contributed by atoms with E-state index in [1.807, 2.05) is 88.4 Å². The average molecular weight is 652 g/mol. The smallest absolute Gasteiger partial charge is 0.407 e. The predicted molar refractivity (Wildman–Crippen MR) is 181 cm³/mol. The topological polar surface area (TPSA) is 125 Å². The Labute approximate surface area is 274 Å². The number of aryl methyl sites for hydroxylation is 1. The number of carbonyl (C=O) groups is 2. The fourth-order valence-corrected chi connectivity index (χ4v) is 7.07. The van der Waals surface area contributed by atoms with E-state index in [1.54, 1.807) is 24.3 Å². The van der Waals surface area contributed by atoms with Gasteiger partial charge in [-0.05, 0) is 61.3 Å². The molecule has 0 saturated heterocycles. The van der Waals surface area contributed by atoms with Gasteiger partial charge < -0.3 is 20.5 Å². The van der Waals surface area contributed by atoms with E-state index in [0.29, 0.717) is 32.4 Å². The van der Waals surface area contributed by atoms with E-state index in [1.165, 1.54) is 11.4 Å². The third-order valence-electron chi connectivity index (χ3n) is 8.18. The third-order valence-corrected chi connectivity index (χ3v) is 10.1. The molecule has 0 aromatic heterocycles. The molecule has 0 bridgehead atoms. The van der Waals surface area contributed by atoms with Gasteiger partial charge in [-0.1, -0.05) is 99.1 Å². The lowest BCUT2D eigenvalue weighted by atomic mass is 9.84. The van der Waals surface area contributed by atoms with Crippen LogP contribution in [0.3, 0.4) is 0 Å². The van der Waals surface area contributed by atoms with Crippen molar-refractivity contribution < 1.29 is 27.9 Å². The molecule has 3 atom stereocenters. The summed E-state index contributed by atoms with van der Waals surface area (Å²) in [4.78, 5) is 26.4. The maximum Gasteiger partial charge on any atom is 0.407 e. The second-order valence-corrected chi connectivity index (χ2v) is 14.2. The minimum Gasteiger partial charge on any atom is -0.453 e. The van der Waals surface area contributed by atoms with Crippen LogP contribution in [0.1, 0.15) is 62.6 Å². The van der Waals surface area contributed by atoms with E-state index in [0.717, 1.165) is 16.7 Å². The minimum absolute atomic E-state index is 0.0438. The SMILES string of the molecule is COC(=O)N[C@H](C(=O)NCC(C)CC[C@@H](CO)N(CCC(C)C)S(=O)(=O)c1ccc(C)cc1)C(c1ccccc1)c1ccccc1. The molecule has 10 heteroatoms. The van der Waals surface area contributed by atoms with Crippen molar-refractivity contribution in [3.8, 4) is 0 Å². The zero-order chi connectivity index (χ0) is 33.7. The summed E-state index contributed by atoms with van der Waals surface area (Å²) < 4.78 is 33.7. The van der Waals surface area contributed by atoms with Gasteiger partial charge in [-0.3, -0.25) is 4.79 Å². The van der Waals surface area contributed by atoms with Crippen LogP contribution >= 0.6 is 0 Å². The highest BCUT2D eigenvalue weighted by Gasteiger charge is 2.34. The Morgan fingerprint density at radius 3 is 1.91 bits per heavy atom. The lowest BCUT2D eigenvalue weighted by Gasteiger charge is -2.31. The number of nitrogens with one attached hydrogen (secondary N) is 2. The number of amides is 2. The van der Waals surface area contributed by atoms with Crippen LogP contribution in [0.4, 0.5) is 4.79 Å². The van der Waals surface area contributed by atoms with Crippen molar-refractivity contribution >= 4 is 22.0 Å². The fourth-order valence-electron chi connectivity index (χ4n) is 5.40. The first-order valence-electron chi connectivity index (χ1n) is 15.9. The van der Waals surface area contributed by atoms with Crippen LogP contribution in [0.2, 0.25) is 0 Å². The Bertz CT molecular complexity index is 1430. The molecule has 0 heterocycles. The van der Waals surface area contributed by atoms with Crippen LogP contribution in [0.15, 0.2) is 89.8 Å². The van der Waals surface area contributed by atoms with E-state index < -0.39 is 34.1 Å². The van der Waals surface area contributed by atoms with Gasteiger partial charge >= 0.3 is 6.09 Å². The van der Waals surface area contributed by atoms with Gasteiger partial charge in [0.25, 0.3) is 0 Å². The van der Waals surface area contributed by atoms with Crippen LogP contribution in [-0.4, -0.2) is 68.7 Å². The Morgan fingerprint density at radius 2 is 1.41 bits per heavy atom. The first-order valence-corrected chi connectivity index (χ1v) is 17.3. The van der Waals surface area contributed by atoms with E-state index in [4.69, 9.17) is 4.74 Å². The van der Waals surface area contributed by atoms with Crippen molar-refractivity contribution in [1.29, 1.82) is 0 Å². The molecule has 0 spiro atoms. The molecule has 3 aromatic carbocycles. The summed E-state index contributed by atoms with van der Waals surface area (Å²) in [6.45, 7) is 8.23. The predicted octanol–water partition coefficient (Wildman–Crippen LogP) is 5.48. The highest BCUT2D eigenvalue weighted by molar-refractivity contribution is 7.89. The Hall–Kier alpha value is -3.73. The molecular formula is C36H49N3O6S. The standard InChI is InChI=1S/C36H49N3O6S/c1-26(2)22-23-39(46(43,44)32-20-17-27(3)18-21-32)31(25-40)19-16-28(4)24-37-35(41)34(38-36(42)45-5)33(29-12-8-6-9-13-29)30-14-10-7-11-15-30/h6-15,17-18,20-21,26,28,31,33-34,40H,16,19,22-25H2,1-5H3,(H,37,41)(H,38,42)/t28?,31-,34-/m0/s1. The summed E-state index contributed by atoms with van der Waals surface area (Å²) in [5.74, 6) is -0.602. The Balaban J connectivity index is 1.75. The number of aliphatic hydroxyl groups is 1. The monoisotopic (exact) mass is 651 g/mol. The number of methoxy groups -OCH3 is 1. The highest BCUT2D eigenvalue weighted by atomic mass is 32.2. The molecule has 3 aromatic rings. The van der Waals surface area contributed by atoms with Crippen molar-refractivity contribution in [2.75, 3.05) is 26.8 Å². The van der Waals surface area contributed by atoms with Crippen molar-refractivity contribution in [1.82, 2.24) is 14.9 Å². The van der Waals surface area contributed by atoms with Crippen LogP contribution in [-0.2, 0) is 19.6 Å². The molecule has 0 aliphatic heterocycles. The summed E-state index contributed by atoms with van der Waals surface area (Å²) in [6, 6.07) is 24.2. The summed E-state index contributed by atoms with van der Waals surface area (Å²) >= 11 is 0. The normalized spacial score (nSPS) is 13.8. The van der Waals surface area contributed by atoms with Crippen molar-refractivity contribution in [2.24, 2.45) is 11.8 Å². The zero-order valence-corrected chi connectivity index (χ0v) is 28.4. The molecule has 0 fully saturated rings. The van der Waals surface area contributed by atoms with Gasteiger partial charge in [-0.15, -0.1) is 0 Å². The molecule has 1 unspecified atom stereocenters. The third kappa shape index (κ3) is 10.4. The molecule has 9 nitrogen and oxygen atoms in total. The van der Waals surface area contributed by atoms with Gasteiger partial charge in [0.15, 0.2) is 0 Å². The molecule has 0 saturated carbocycles. The Kier molecular flexibility index (Phi) is 14.2. The number of alkyl carbamates (subject to hydrolysis) is 1. The van der Waals surface area contributed by atoms with Crippen LogP contribution < -0.4 is 10.6 Å². The van der Waals surface area contributed by atoms with Crippen molar-refractivity contribution in [2.45, 2.75) is 69.9 Å². The number of hydrogen-bond acceptors (Lipinski definition) is 6. The summed E-state index contributed by atoms with van der Waals surface area (Å²) in [5.41, 5.74) is 2.69. The first kappa shape index (κ1) is 36.7. The molecule has 2 amide bonds. The number of nitrogens with zero attached hydrogens (tertiary/aromatic N) is 1. The summed E-state index contributed by atoms with van der Waals surface area (Å²) in [6.07, 6.45) is 0.915. The first-order chi connectivity index (χ1) is 22.0. The van der Waals surface area contributed by atoms with Gasteiger partial charge in [-0.25, -0.2) is 13.2 Å². The van der Waals surface area contributed by atoms with Crippen LogP contribution in [0, 0.1) is 18.8 Å². The number of hydrogen-bond donors (Lipinski definition) is 3. The number of benzene rings is 3. The van der Waals surface area contributed by atoms with Crippen molar-refractivity contribution in [3.05, 3.63) is 102 Å². The molecule has 0 radical (unpaired) electrons. The number of aliphatic hydroxyl groups excluding tert-OH is 1. The number of ether oxygens (including phenoxy) is 1. The van der Waals surface area contributed by atoms with E-state index in [-0.39, 0.29) is 29.2 Å². The van der Waals surface area contributed by atoms with E-state index in [9.17, 15) is 23.1 Å². The molecule has 0 aliphatic carbocycles. The Morgan fingerprint density at radius 1 is 0.848 bits per heavy atom. The van der Waals surface area contributed by atoms with Gasteiger partial charge in [0.05, 0.1) is 18.6 Å². The fraction of sp³-hybridized carbons (Fsp3) is 0.444. The second-order valence-electron chi connectivity index (χ2n) is 12.3. The number of sulfonamides is 1. The van der Waals surface area contributed by atoms with Gasteiger partial charge in [0.1, 0.15) is 6.04 Å². The van der Waals surface area contributed by atoms with Crippen molar-refractivity contribution in [3.63, 3.8) is 0 Å². The molecular weight excluding hydrogens is 602 g/mol. The van der Waals surface area contributed by atoms with Gasteiger partial charge in [0, 0.05) is 25.0 Å². The maximum absolute atomic E-state index is 13.7. The largest absolute Gasteiger partial charge is 0.453 e. The second kappa shape index (κ2) is 17.8. The van der Waals surface area contributed by atoms with Crippen LogP contribution in [0.25, 0.3) is 0 Å². The van der Waals surface area contributed by atoms with E-state index >= 15 is 0 Å². The molecule has 250 valence electrons. The number of rotatable bonds is 17. The quantitative estimate of drug-likeness (QED) is 0.178. The molecule has 0 aliphatic rings. The van der Waals surface area contributed by atoms with Gasteiger partial charge in [-0.2, -0.15) is 4.31 Å². The summed E-state index contributed by atoms with van der Waals surface area (Å²) in [7, 11) is -2.58. The lowest BCUT2D eigenvalue weighted by Crippen LogP contribution is -2.51.